The molecule has 1 saturated heterocycles. The van der Waals surface area contributed by atoms with Gasteiger partial charge in [-0.1, -0.05) is 18.2 Å². The van der Waals surface area contributed by atoms with Crippen molar-refractivity contribution in [3.63, 3.8) is 0 Å². The lowest BCUT2D eigenvalue weighted by molar-refractivity contribution is -0.141. The average molecular weight is 428 g/mol. The Morgan fingerprint density at radius 2 is 1.84 bits per heavy atom. The van der Waals surface area contributed by atoms with Gasteiger partial charge >= 0.3 is 0 Å². The first-order chi connectivity index (χ1) is 14.7. The molecule has 0 radical (unpaired) electrons. The van der Waals surface area contributed by atoms with Crippen LogP contribution in [0.1, 0.15) is 24.0 Å². The molecular weight excluding hydrogens is 403 g/mol. The molecule has 0 bridgehead atoms. The highest BCUT2D eigenvalue weighted by molar-refractivity contribution is 6.10. The fourth-order valence-electron chi connectivity index (χ4n) is 3.87. The van der Waals surface area contributed by atoms with E-state index in [-0.39, 0.29) is 25.3 Å². The van der Waals surface area contributed by atoms with E-state index in [2.05, 4.69) is 0 Å². The van der Waals surface area contributed by atoms with Gasteiger partial charge in [0.15, 0.2) is 11.5 Å². The highest BCUT2D eigenvalue weighted by atomic mass is 19.1. The quantitative estimate of drug-likeness (QED) is 0.634. The number of halogens is 1. The number of likely N-dealkylation sites (N-methyl/N-ethyl adjacent to an activating group) is 1. The summed E-state index contributed by atoms with van der Waals surface area (Å²) >= 11 is 0. The topological polar surface area (TPSA) is 76.2 Å². The van der Waals surface area contributed by atoms with Gasteiger partial charge in [-0.25, -0.2) is 4.39 Å². The molecule has 3 rings (SSSR count). The van der Waals surface area contributed by atoms with Crippen LogP contribution < -0.4 is 9.47 Å². The number of benzene rings is 2. The number of imide groups is 1. The molecule has 1 unspecified atom stereocenters. The van der Waals surface area contributed by atoms with E-state index in [1.807, 2.05) is 6.07 Å². The fourth-order valence-corrected chi connectivity index (χ4v) is 3.87. The second-order valence-corrected chi connectivity index (χ2v) is 7.64. The van der Waals surface area contributed by atoms with Crippen LogP contribution in [0.25, 0.3) is 0 Å². The Balaban J connectivity index is 1.86. The second kappa shape index (κ2) is 8.75. The molecule has 1 atom stereocenters. The van der Waals surface area contributed by atoms with Crippen molar-refractivity contribution in [2.75, 3.05) is 28.3 Å². The number of hydrogen-bond donors (Lipinski definition) is 0. The number of likely N-dealkylation sites (tertiary alicyclic amines) is 1. The number of nitrogens with zero attached hydrogens (tertiary/aromatic N) is 2. The summed E-state index contributed by atoms with van der Waals surface area (Å²) < 4.78 is 24.4. The van der Waals surface area contributed by atoms with Crippen molar-refractivity contribution in [3.8, 4) is 11.5 Å². The lowest BCUT2D eigenvalue weighted by atomic mass is 9.75. The molecule has 0 aromatic heterocycles. The van der Waals surface area contributed by atoms with Gasteiger partial charge in [0.05, 0.1) is 19.6 Å². The zero-order chi connectivity index (χ0) is 22.8. The Morgan fingerprint density at radius 3 is 2.42 bits per heavy atom. The van der Waals surface area contributed by atoms with E-state index >= 15 is 0 Å². The zero-order valence-electron chi connectivity index (χ0n) is 18.0. The van der Waals surface area contributed by atoms with Crippen molar-refractivity contribution >= 4 is 17.7 Å². The van der Waals surface area contributed by atoms with Crippen LogP contribution in [-0.2, 0) is 26.3 Å². The number of rotatable bonds is 7. The summed E-state index contributed by atoms with van der Waals surface area (Å²) in [6, 6.07) is 10.8. The predicted octanol–water partition coefficient (Wildman–Crippen LogP) is 2.52. The molecular formula is C23H25FN2O5. The molecule has 164 valence electrons. The van der Waals surface area contributed by atoms with E-state index in [0.29, 0.717) is 17.1 Å². The average Bonchev–Trinajstić information content (AvgIpc) is 2.97. The molecule has 2 aromatic rings. The molecule has 0 N–H and O–H groups in total. The molecule has 1 aliphatic rings. The lowest BCUT2D eigenvalue weighted by Crippen LogP contribution is -2.41. The first-order valence-electron chi connectivity index (χ1n) is 9.73. The third kappa shape index (κ3) is 4.23. The maximum Gasteiger partial charge on any atom is 0.240 e. The van der Waals surface area contributed by atoms with E-state index in [9.17, 15) is 18.8 Å². The summed E-state index contributed by atoms with van der Waals surface area (Å²) in [6.45, 7) is 0.260. The van der Waals surface area contributed by atoms with Crippen LogP contribution in [0, 0.1) is 5.82 Å². The number of amides is 3. The van der Waals surface area contributed by atoms with Gasteiger partial charge in [-0.15, -0.1) is 0 Å². The summed E-state index contributed by atoms with van der Waals surface area (Å²) in [6.07, 6.45) is -0.420. The number of carbonyl (C=O) groups is 3. The SMILES string of the molecule is COc1ccc(CN(C)C(=O)CC2(c3cccc(F)c3)CC(=O)N(C)C2=O)cc1OC. The normalized spacial score (nSPS) is 18.3. The van der Waals surface area contributed by atoms with Gasteiger partial charge in [0.2, 0.25) is 17.7 Å². The van der Waals surface area contributed by atoms with Crippen LogP contribution >= 0.6 is 0 Å². The third-order valence-electron chi connectivity index (χ3n) is 5.66. The smallest absolute Gasteiger partial charge is 0.240 e. The number of hydrogen-bond acceptors (Lipinski definition) is 5. The van der Waals surface area contributed by atoms with E-state index in [0.717, 1.165) is 10.5 Å². The first-order valence-corrected chi connectivity index (χ1v) is 9.73. The highest BCUT2D eigenvalue weighted by Gasteiger charge is 2.52. The van der Waals surface area contributed by atoms with E-state index in [1.54, 1.807) is 25.2 Å². The van der Waals surface area contributed by atoms with Crippen molar-refractivity contribution in [1.29, 1.82) is 0 Å². The number of methoxy groups -OCH3 is 2. The summed E-state index contributed by atoms with van der Waals surface area (Å²) in [5.74, 6) is -0.660. The largest absolute Gasteiger partial charge is 0.493 e. The number of carbonyl (C=O) groups excluding carboxylic acids is 3. The van der Waals surface area contributed by atoms with Crippen LogP contribution in [0.5, 0.6) is 11.5 Å². The van der Waals surface area contributed by atoms with E-state index < -0.39 is 23.0 Å². The minimum Gasteiger partial charge on any atom is -0.493 e. The molecule has 7 nitrogen and oxygen atoms in total. The van der Waals surface area contributed by atoms with Crippen molar-refractivity contribution in [2.45, 2.75) is 24.8 Å². The second-order valence-electron chi connectivity index (χ2n) is 7.64. The van der Waals surface area contributed by atoms with Gasteiger partial charge in [-0.2, -0.15) is 0 Å². The highest BCUT2D eigenvalue weighted by Crippen LogP contribution is 2.40. The molecule has 1 heterocycles. The minimum absolute atomic E-state index is 0.179. The Bertz CT molecular complexity index is 1020. The van der Waals surface area contributed by atoms with Gasteiger partial charge in [0, 0.05) is 33.5 Å². The summed E-state index contributed by atoms with van der Waals surface area (Å²) in [5, 5.41) is 0. The molecule has 0 aliphatic carbocycles. The van der Waals surface area contributed by atoms with Gasteiger partial charge in [0.1, 0.15) is 5.82 Å². The molecule has 1 aliphatic heterocycles. The third-order valence-corrected chi connectivity index (χ3v) is 5.66. The Kier molecular flexibility index (Phi) is 6.29. The van der Waals surface area contributed by atoms with Crippen LogP contribution in [0.15, 0.2) is 42.5 Å². The van der Waals surface area contributed by atoms with E-state index in [4.69, 9.17) is 9.47 Å². The Hall–Kier alpha value is -3.42. The molecule has 0 saturated carbocycles. The van der Waals surface area contributed by atoms with Crippen LogP contribution in [-0.4, -0.2) is 55.8 Å². The van der Waals surface area contributed by atoms with Crippen LogP contribution in [0.2, 0.25) is 0 Å². The fraction of sp³-hybridized carbons (Fsp3) is 0.348. The van der Waals surface area contributed by atoms with E-state index in [1.165, 1.54) is 44.4 Å². The molecule has 2 aromatic carbocycles. The maximum atomic E-state index is 13.9. The molecule has 31 heavy (non-hydrogen) atoms. The van der Waals surface area contributed by atoms with Crippen LogP contribution in [0.3, 0.4) is 0 Å². The zero-order valence-corrected chi connectivity index (χ0v) is 18.0. The maximum absolute atomic E-state index is 13.9. The van der Waals surface area contributed by atoms with Gasteiger partial charge in [-0.3, -0.25) is 19.3 Å². The van der Waals surface area contributed by atoms with Gasteiger partial charge in [-0.05, 0) is 35.4 Å². The molecule has 8 heteroatoms. The van der Waals surface area contributed by atoms with Gasteiger partial charge in [0.25, 0.3) is 0 Å². The summed E-state index contributed by atoms with van der Waals surface area (Å²) in [4.78, 5) is 40.9. The summed E-state index contributed by atoms with van der Waals surface area (Å²) in [5.41, 5.74) is -0.293. The van der Waals surface area contributed by atoms with Crippen molar-refractivity contribution in [3.05, 3.63) is 59.4 Å². The van der Waals surface area contributed by atoms with Crippen molar-refractivity contribution < 1.29 is 28.2 Å². The summed E-state index contributed by atoms with van der Waals surface area (Å²) in [7, 11) is 6.06. The minimum atomic E-state index is -1.42. The standard InChI is InChI=1S/C23H25FN2O5/c1-25(14-15-8-9-18(30-3)19(10-15)31-4)20(27)12-23(13-21(28)26(2)22(23)29)16-6-5-7-17(24)11-16/h5-11H,12-14H2,1-4H3. The Labute approximate surface area is 180 Å². The van der Waals surface area contributed by atoms with Crippen molar-refractivity contribution in [2.24, 2.45) is 0 Å². The van der Waals surface area contributed by atoms with Gasteiger partial charge < -0.3 is 14.4 Å². The lowest BCUT2D eigenvalue weighted by Gasteiger charge is -2.29. The van der Waals surface area contributed by atoms with Crippen molar-refractivity contribution in [1.82, 2.24) is 9.80 Å². The Morgan fingerprint density at radius 1 is 1.13 bits per heavy atom. The molecule has 0 spiro atoms. The number of ether oxygens (including phenoxy) is 2. The first kappa shape index (κ1) is 22.3. The molecule has 3 amide bonds. The van der Waals surface area contributed by atoms with Crippen LogP contribution in [0.4, 0.5) is 4.39 Å². The predicted molar refractivity (Wildman–Crippen MR) is 111 cm³/mol. The monoisotopic (exact) mass is 428 g/mol. The molecule has 1 fully saturated rings.